The minimum atomic E-state index is 0. The van der Waals surface area contributed by atoms with Crippen LogP contribution in [-0.2, 0) is 24.2 Å². The van der Waals surface area contributed by atoms with Gasteiger partial charge in [-0.2, -0.15) is 0 Å². The molecule has 4 rings (SSSR count). The van der Waals surface area contributed by atoms with Crippen LogP contribution in [0.1, 0.15) is 37.3 Å². The molecule has 1 aromatic heterocycles. The SMILES string of the molecule is Cl.O=C(NCC1NCCc2ccccc21)c1cc2c(s1)CCOC2. The summed E-state index contributed by atoms with van der Waals surface area (Å²) in [6.45, 7) is 2.98. The maximum absolute atomic E-state index is 12.4. The highest BCUT2D eigenvalue weighted by atomic mass is 35.5. The van der Waals surface area contributed by atoms with Crippen molar-refractivity contribution in [1.29, 1.82) is 0 Å². The summed E-state index contributed by atoms with van der Waals surface area (Å²) in [4.78, 5) is 14.5. The smallest absolute Gasteiger partial charge is 0.261 e. The van der Waals surface area contributed by atoms with Crippen LogP contribution in [0.3, 0.4) is 0 Å². The van der Waals surface area contributed by atoms with E-state index in [0.29, 0.717) is 13.2 Å². The second-order valence-electron chi connectivity index (χ2n) is 6.03. The van der Waals surface area contributed by atoms with E-state index in [2.05, 4.69) is 34.9 Å². The Morgan fingerprint density at radius 1 is 1.29 bits per heavy atom. The number of amides is 1. The molecule has 0 saturated carbocycles. The molecule has 2 N–H and O–H groups in total. The minimum absolute atomic E-state index is 0. The van der Waals surface area contributed by atoms with Crippen molar-refractivity contribution in [3.63, 3.8) is 0 Å². The Bertz CT molecular complexity index is 708. The first-order valence-electron chi connectivity index (χ1n) is 8.10. The molecule has 0 radical (unpaired) electrons. The van der Waals surface area contributed by atoms with Gasteiger partial charge in [0, 0.05) is 23.9 Å². The van der Waals surface area contributed by atoms with Gasteiger partial charge in [0.25, 0.3) is 5.91 Å². The topological polar surface area (TPSA) is 50.4 Å². The Kier molecular flexibility index (Phi) is 5.56. The number of thiophene rings is 1. The summed E-state index contributed by atoms with van der Waals surface area (Å²) in [6.07, 6.45) is 1.98. The summed E-state index contributed by atoms with van der Waals surface area (Å²) in [7, 11) is 0. The van der Waals surface area contributed by atoms with Gasteiger partial charge in [0.15, 0.2) is 0 Å². The number of hydrogen-bond donors (Lipinski definition) is 2. The Labute approximate surface area is 152 Å². The zero-order valence-corrected chi connectivity index (χ0v) is 15.0. The molecular weight excluding hydrogens is 344 g/mol. The number of ether oxygens (including phenoxy) is 1. The molecule has 1 amide bonds. The summed E-state index contributed by atoms with van der Waals surface area (Å²) in [5, 5.41) is 6.59. The fourth-order valence-electron chi connectivity index (χ4n) is 3.32. The largest absolute Gasteiger partial charge is 0.376 e. The highest BCUT2D eigenvalue weighted by Gasteiger charge is 2.21. The van der Waals surface area contributed by atoms with Crippen LogP contribution in [0.4, 0.5) is 0 Å². The lowest BCUT2D eigenvalue weighted by atomic mass is 9.94. The number of carbonyl (C=O) groups excluding carboxylic acids is 1. The molecule has 3 heterocycles. The molecule has 2 aliphatic heterocycles. The molecule has 1 atom stereocenters. The van der Waals surface area contributed by atoms with E-state index >= 15 is 0 Å². The van der Waals surface area contributed by atoms with Gasteiger partial charge in [0.05, 0.1) is 18.1 Å². The van der Waals surface area contributed by atoms with Gasteiger partial charge in [-0.15, -0.1) is 23.7 Å². The van der Waals surface area contributed by atoms with Crippen molar-refractivity contribution in [2.24, 2.45) is 0 Å². The van der Waals surface area contributed by atoms with Crippen molar-refractivity contribution in [1.82, 2.24) is 10.6 Å². The van der Waals surface area contributed by atoms with E-state index < -0.39 is 0 Å². The van der Waals surface area contributed by atoms with Gasteiger partial charge in [0.2, 0.25) is 0 Å². The van der Waals surface area contributed by atoms with E-state index in [-0.39, 0.29) is 24.4 Å². The van der Waals surface area contributed by atoms with Crippen molar-refractivity contribution in [3.05, 3.63) is 56.8 Å². The van der Waals surface area contributed by atoms with E-state index in [1.54, 1.807) is 11.3 Å². The van der Waals surface area contributed by atoms with Gasteiger partial charge in [0.1, 0.15) is 0 Å². The number of benzene rings is 1. The van der Waals surface area contributed by atoms with Crippen molar-refractivity contribution in [2.75, 3.05) is 19.7 Å². The lowest BCUT2D eigenvalue weighted by Gasteiger charge is -2.27. The van der Waals surface area contributed by atoms with Crippen LogP contribution < -0.4 is 10.6 Å². The number of rotatable bonds is 3. The van der Waals surface area contributed by atoms with Crippen LogP contribution in [0.2, 0.25) is 0 Å². The first-order valence-corrected chi connectivity index (χ1v) is 8.91. The van der Waals surface area contributed by atoms with E-state index in [0.717, 1.165) is 30.9 Å². The third-order valence-electron chi connectivity index (χ3n) is 4.53. The summed E-state index contributed by atoms with van der Waals surface area (Å²) < 4.78 is 5.45. The van der Waals surface area contributed by atoms with E-state index in [9.17, 15) is 4.79 Å². The molecule has 2 aromatic rings. The second kappa shape index (κ2) is 7.66. The van der Waals surface area contributed by atoms with Crippen molar-refractivity contribution < 1.29 is 9.53 Å². The van der Waals surface area contributed by atoms with Gasteiger partial charge in [-0.3, -0.25) is 4.79 Å². The van der Waals surface area contributed by atoms with Crippen LogP contribution in [0.25, 0.3) is 0 Å². The van der Waals surface area contributed by atoms with Crippen molar-refractivity contribution in [3.8, 4) is 0 Å². The zero-order valence-electron chi connectivity index (χ0n) is 13.3. The Morgan fingerprint density at radius 3 is 3.04 bits per heavy atom. The van der Waals surface area contributed by atoms with Gasteiger partial charge >= 0.3 is 0 Å². The first-order chi connectivity index (χ1) is 11.3. The summed E-state index contributed by atoms with van der Waals surface area (Å²) >= 11 is 1.60. The normalized spacial score (nSPS) is 18.9. The minimum Gasteiger partial charge on any atom is -0.376 e. The molecule has 0 aliphatic carbocycles. The summed E-state index contributed by atoms with van der Waals surface area (Å²) in [5.74, 6) is 0.0225. The second-order valence-corrected chi connectivity index (χ2v) is 7.16. The third-order valence-corrected chi connectivity index (χ3v) is 5.77. The van der Waals surface area contributed by atoms with Gasteiger partial charge in [-0.05, 0) is 35.7 Å². The highest BCUT2D eigenvalue weighted by molar-refractivity contribution is 7.14. The predicted octanol–water partition coefficient (Wildman–Crippen LogP) is 2.86. The third kappa shape index (κ3) is 3.49. The fraction of sp³-hybridized carbons (Fsp3) is 0.389. The lowest BCUT2D eigenvalue weighted by molar-refractivity contribution is 0.0952. The Balaban J connectivity index is 0.00000169. The van der Waals surface area contributed by atoms with E-state index in [1.165, 1.54) is 21.6 Å². The monoisotopic (exact) mass is 364 g/mol. The molecular formula is C18H21ClN2O2S. The maximum atomic E-state index is 12.4. The average molecular weight is 365 g/mol. The molecule has 6 heteroatoms. The molecule has 128 valence electrons. The molecule has 1 aromatic carbocycles. The Hall–Kier alpha value is -1.40. The molecule has 0 bridgehead atoms. The molecule has 24 heavy (non-hydrogen) atoms. The highest BCUT2D eigenvalue weighted by Crippen LogP contribution is 2.27. The molecule has 1 unspecified atom stereocenters. The molecule has 0 fully saturated rings. The molecule has 2 aliphatic rings. The standard InChI is InChI=1S/C18H20N2O2S.ClH/c21-18(17-9-13-11-22-8-6-16(13)23-17)20-10-15-14-4-2-1-3-12(14)5-7-19-15;/h1-4,9,15,19H,5-8,10-11H2,(H,20,21);1H. The van der Waals surface area contributed by atoms with E-state index in [4.69, 9.17) is 4.74 Å². The molecule has 0 spiro atoms. The molecule has 0 saturated heterocycles. The number of fused-ring (bicyclic) bond motifs is 2. The number of carbonyl (C=O) groups is 1. The lowest BCUT2D eigenvalue weighted by Crippen LogP contribution is -2.38. The number of halogens is 1. The van der Waals surface area contributed by atoms with Crippen LogP contribution in [-0.4, -0.2) is 25.6 Å². The summed E-state index contributed by atoms with van der Waals surface area (Å²) in [5.41, 5.74) is 3.86. The maximum Gasteiger partial charge on any atom is 0.261 e. The van der Waals surface area contributed by atoms with Crippen molar-refractivity contribution in [2.45, 2.75) is 25.5 Å². The quantitative estimate of drug-likeness (QED) is 0.880. The number of nitrogens with one attached hydrogen (secondary N) is 2. The fourth-order valence-corrected chi connectivity index (χ4v) is 4.38. The predicted molar refractivity (Wildman–Crippen MR) is 98.1 cm³/mol. The van der Waals surface area contributed by atoms with Crippen LogP contribution >= 0.6 is 23.7 Å². The van der Waals surface area contributed by atoms with Crippen LogP contribution in [0, 0.1) is 0 Å². The average Bonchev–Trinajstić information content (AvgIpc) is 3.04. The molecule has 4 nitrogen and oxygen atoms in total. The van der Waals surface area contributed by atoms with Gasteiger partial charge < -0.3 is 15.4 Å². The Morgan fingerprint density at radius 2 is 2.17 bits per heavy atom. The number of hydrogen-bond acceptors (Lipinski definition) is 4. The zero-order chi connectivity index (χ0) is 15.6. The van der Waals surface area contributed by atoms with Crippen LogP contribution in [0.15, 0.2) is 30.3 Å². The summed E-state index contributed by atoms with van der Waals surface area (Å²) in [6, 6.07) is 10.7. The van der Waals surface area contributed by atoms with Crippen LogP contribution in [0.5, 0.6) is 0 Å². The van der Waals surface area contributed by atoms with Gasteiger partial charge in [-0.25, -0.2) is 0 Å². The van der Waals surface area contributed by atoms with E-state index in [1.807, 2.05) is 6.07 Å². The van der Waals surface area contributed by atoms with Gasteiger partial charge in [-0.1, -0.05) is 24.3 Å². The van der Waals surface area contributed by atoms with Crippen molar-refractivity contribution >= 4 is 29.7 Å². The first kappa shape index (κ1) is 17.4.